The van der Waals surface area contributed by atoms with E-state index in [1.54, 1.807) is 13.8 Å². The monoisotopic (exact) mass is 349 g/mol. The molecule has 1 N–H and O–H groups in total. The van der Waals surface area contributed by atoms with Gasteiger partial charge in [0, 0.05) is 6.07 Å². The topological polar surface area (TPSA) is 64.1 Å². The Hall–Kier alpha value is -2.61. The third-order valence-electron chi connectivity index (χ3n) is 3.37. The third kappa shape index (κ3) is 2.92. The summed E-state index contributed by atoms with van der Waals surface area (Å²) in [5, 5.41) is 3.44. The number of fused-ring (bicyclic) bond motifs is 1. The van der Waals surface area contributed by atoms with E-state index in [1.807, 2.05) is 0 Å². The van der Waals surface area contributed by atoms with Crippen molar-refractivity contribution in [3.05, 3.63) is 46.6 Å². The highest BCUT2D eigenvalue weighted by Crippen LogP contribution is 2.35. The van der Waals surface area contributed by atoms with Crippen LogP contribution in [-0.2, 0) is 4.74 Å². The minimum atomic E-state index is -0.736. The molecule has 1 aromatic carbocycles. The SMILES string of the molecule is CCOC(=O)c1sc2ncnc(Nc3ccc(F)cc3F)c2c1C. The Morgan fingerprint density at radius 2 is 2.12 bits per heavy atom. The molecule has 0 unspecified atom stereocenters. The van der Waals surface area contributed by atoms with Gasteiger partial charge >= 0.3 is 5.97 Å². The second-order valence-corrected chi connectivity index (χ2v) is 5.93. The summed E-state index contributed by atoms with van der Waals surface area (Å²) in [6.45, 7) is 3.75. The maximum absolute atomic E-state index is 13.9. The van der Waals surface area contributed by atoms with Crippen LogP contribution in [0, 0.1) is 18.6 Å². The first-order valence-corrected chi connectivity index (χ1v) is 7.96. The lowest BCUT2D eigenvalue weighted by molar-refractivity contribution is 0.0531. The van der Waals surface area contributed by atoms with Gasteiger partial charge in [-0.05, 0) is 31.5 Å². The molecule has 0 aliphatic rings. The van der Waals surface area contributed by atoms with Crippen LogP contribution in [0.3, 0.4) is 0 Å². The summed E-state index contributed by atoms with van der Waals surface area (Å²) in [7, 11) is 0. The van der Waals surface area contributed by atoms with Gasteiger partial charge in [-0.3, -0.25) is 0 Å². The number of aryl methyl sites for hydroxylation is 1. The Kier molecular flexibility index (Phi) is 4.39. The quantitative estimate of drug-likeness (QED) is 0.715. The zero-order valence-corrected chi connectivity index (χ0v) is 13.7. The van der Waals surface area contributed by atoms with Crippen LogP contribution < -0.4 is 5.32 Å². The number of carbonyl (C=O) groups excluding carboxylic acids is 1. The molecule has 8 heteroatoms. The van der Waals surface area contributed by atoms with E-state index >= 15 is 0 Å². The lowest BCUT2D eigenvalue weighted by Gasteiger charge is -2.08. The number of ether oxygens (including phenoxy) is 1. The summed E-state index contributed by atoms with van der Waals surface area (Å²) in [6.07, 6.45) is 1.32. The second kappa shape index (κ2) is 6.48. The van der Waals surface area contributed by atoms with E-state index in [2.05, 4.69) is 15.3 Å². The van der Waals surface area contributed by atoms with Gasteiger partial charge in [0.05, 0.1) is 17.7 Å². The van der Waals surface area contributed by atoms with Crippen molar-refractivity contribution in [3.8, 4) is 0 Å². The van der Waals surface area contributed by atoms with Crippen molar-refractivity contribution in [1.29, 1.82) is 0 Å². The molecule has 0 bridgehead atoms. The van der Waals surface area contributed by atoms with Gasteiger partial charge in [0.25, 0.3) is 0 Å². The van der Waals surface area contributed by atoms with Crippen molar-refractivity contribution < 1.29 is 18.3 Å². The zero-order valence-electron chi connectivity index (χ0n) is 12.9. The fourth-order valence-electron chi connectivity index (χ4n) is 2.28. The molecule has 0 aliphatic heterocycles. The number of benzene rings is 1. The normalized spacial score (nSPS) is 10.8. The van der Waals surface area contributed by atoms with Crippen molar-refractivity contribution in [2.45, 2.75) is 13.8 Å². The molecule has 3 rings (SSSR count). The summed E-state index contributed by atoms with van der Waals surface area (Å²) in [4.78, 5) is 21.3. The Balaban J connectivity index is 2.07. The number of esters is 1. The maximum atomic E-state index is 13.9. The molecular formula is C16H13F2N3O2S. The molecule has 5 nitrogen and oxygen atoms in total. The molecule has 0 saturated carbocycles. The molecule has 0 fully saturated rings. The molecular weight excluding hydrogens is 336 g/mol. The number of anilines is 2. The third-order valence-corrected chi connectivity index (χ3v) is 4.55. The van der Waals surface area contributed by atoms with Gasteiger partial charge < -0.3 is 10.1 Å². The average Bonchev–Trinajstić information content (AvgIpc) is 2.88. The van der Waals surface area contributed by atoms with Crippen molar-refractivity contribution >= 4 is 39.0 Å². The second-order valence-electron chi connectivity index (χ2n) is 4.93. The summed E-state index contributed by atoms with van der Waals surface area (Å²) in [5.74, 6) is -1.49. The van der Waals surface area contributed by atoms with Crippen LogP contribution in [0.4, 0.5) is 20.3 Å². The number of nitrogens with one attached hydrogen (secondary N) is 1. The molecule has 24 heavy (non-hydrogen) atoms. The minimum absolute atomic E-state index is 0.0830. The van der Waals surface area contributed by atoms with E-state index in [1.165, 1.54) is 23.7 Å². The summed E-state index contributed by atoms with van der Waals surface area (Å²) in [6, 6.07) is 3.21. The number of nitrogens with zero attached hydrogens (tertiary/aromatic N) is 2. The molecule has 0 saturated heterocycles. The van der Waals surface area contributed by atoms with Gasteiger partial charge in [0.2, 0.25) is 0 Å². The molecule has 2 heterocycles. The van der Waals surface area contributed by atoms with Crippen LogP contribution in [0.1, 0.15) is 22.2 Å². The van der Waals surface area contributed by atoms with E-state index in [0.717, 1.165) is 12.1 Å². The number of hydrogen-bond acceptors (Lipinski definition) is 6. The van der Waals surface area contributed by atoms with E-state index in [-0.39, 0.29) is 12.3 Å². The predicted molar refractivity (Wildman–Crippen MR) is 87.7 cm³/mol. The van der Waals surface area contributed by atoms with E-state index in [0.29, 0.717) is 26.5 Å². The average molecular weight is 349 g/mol. The van der Waals surface area contributed by atoms with Crippen molar-refractivity contribution in [2.75, 3.05) is 11.9 Å². The smallest absolute Gasteiger partial charge is 0.348 e. The highest BCUT2D eigenvalue weighted by atomic mass is 32.1. The zero-order chi connectivity index (χ0) is 17.3. The van der Waals surface area contributed by atoms with E-state index < -0.39 is 17.6 Å². The number of aromatic nitrogens is 2. The molecule has 0 spiro atoms. The molecule has 0 atom stereocenters. The first-order valence-electron chi connectivity index (χ1n) is 7.14. The van der Waals surface area contributed by atoms with Crippen LogP contribution in [-0.4, -0.2) is 22.5 Å². The predicted octanol–water partition coefficient (Wildman–Crippen LogP) is 4.20. The number of rotatable bonds is 4. The molecule has 0 amide bonds. The first kappa shape index (κ1) is 16.3. The van der Waals surface area contributed by atoms with Crippen LogP contribution in [0.2, 0.25) is 0 Å². The highest BCUT2D eigenvalue weighted by molar-refractivity contribution is 7.20. The van der Waals surface area contributed by atoms with Crippen LogP contribution in [0.15, 0.2) is 24.5 Å². The summed E-state index contributed by atoms with van der Waals surface area (Å²) in [5.41, 5.74) is 0.735. The van der Waals surface area contributed by atoms with Gasteiger partial charge in [0.1, 0.15) is 33.5 Å². The number of carbonyl (C=O) groups is 1. The number of hydrogen-bond donors (Lipinski definition) is 1. The van der Waals surface area contributed by atoms with E-state index in [4.69, 9.17) is 4.74 Å². The molecule has 3 aromatic rings. The summed E-state index contributed by atoms with van der Waals surface area (Å²) >= 11 is 1.18. The first-order chi connectivity index (χ1) is 11.5. The standard InChI is InChI=1S/C16H13F2N3O2S/c1-3-23-16(22)13-8(2)12-14(19-7-20-15(12)24-13)21-11-5-4-9(17)6-10(11)18/h4-7H,3H2,1-2H3,(H,19,20,21). The van der Waals surface area contributed by atoms with Crippen LogP contribution in [0.25, 0.3) is 10.2 Å². The highest BCUT2D eigenvalue weighted by Gasteiger charge is 2.20. The Morgan fingerprint density at radius 1 is 1.33 bits per heavy atom. The number of halogens is 2. The van der Waals surface area contributed by atoms with Crippen molar-refractivity contribution in [2.24, 2.45) is 0 Å². The molecule has 124 valence electrons. The minimum Gasteiger partial charge on any atom is -0.462 e. The molecule has 2 aromatic heterocycles. The van der Waals surface area contributed by atoms with Crippen LogP contribution >= 0.6 is 11.3 Å². The summed E-state index contributed by atoms with van der Waals surface area (Å²) < 4.78 is 31.9. The van der Waals surface area contributed by atoms with Crippen molar-refractivity contribution in [3.63, 3.8) is 0 Å². The number of thiophene rings is 1. The molecule has 0 aliphatic carbocycles. The Morgan fingerprint density at radius 3 is 2.83 bits per heavy atom. The largest absolute Gasteiger partial charge is 0.462 e. The van der Waals surface area contributed by atoms with E-state index in [9.17, 15) is 13.6 Å². The fraction of sp³-hybridized carbons (Fsp3) is 0.188. The van der Waals surface area contributed by atoms with Gasteiger partial charge in [-0.25, -0.2) is 23.5 Å². The molecule has 0 radical (unpaired) electrons. The lowest BCUT2D eigenvalue weighted by Crippen LogP contribution is -2.04. The fourth-order valence-corrected chi connectivity index (χ4v) is 3.32. The van der Waals surface area contributed by atoms with Crippen molar-refractivity contribution in [1.82, 2.24) is 9.97 Å². The Labute approximate surface area is 140 Å². The maximum Gasteiger partial charge on any atom is 0.348 e. The van der Waals surface area contributed by atoms with Crippen LogP contribution in [0.5, 0.6) is 0 Å². The Bertz CT molecular complexity index is 927. The van der Waals surface area contributed by atoms with Gasteiger partial charge in [-0.1, -0.05) is 0 Å². The van der Waals surface area contributed by atoms with Gasteiger partial charge in [-0.2, -0.15) is 0 Å². The lowest BCUT2D eigenvalue weighted by atomic mass is 10.2. The van der Waals surface area contributed by atoms with Gasteiger partial charge in [-0.15, -0.1) is 11.3 Å². The van der Waals surface area contributed by atoms with Gasteiger partial charge in [0.15, 0.2) is 0 Å².